The summed E-state index contributed by atoms with van der Waals surface area (Å²) < 4.78 is 5.10. The van der Waals surface area contributed by atoms with Crippen LogP contribution in [0.15, 0.2) is 28.8 Å². The topological polar surface area (TPSA) is 83.6 Å². The fraction of sp³-hybridized carbons (Fsp3) is 0.476. The van der Waals surface area contributed by atoms with Gasteiger partial charge in [-0.1, -0.05) is 28.9 Å². The molecule has 27 heavy (non-hydrogen) atoms. The van der Waals surface area contributed by atoms with Crippen LogP contribution in [0.3, 0.4) is 0 Å². The number of Topliss-reactive ketones (excluding diaryl/α,β-unsaturated/α-hetero) is 1. The van der Waals surface area contributed by atoms with Crippen molar-refractivity contribution in [3.05, 3.63) is 52.4 Å². The van der Waals surface area contributed by atoms with Crippen molar-refractivity contribution in [2.45, 2.75) is 58.6 Å². The van der Waals surface area contributed by atoms with Crippen LogP contribution in [-0.4, -0.2) is 45.5 Å². The smallest absolute Gasteiger partial charge is 0.231 e. The van der Waals surface area contributed by atoms with Crippen molar-refractivity contribution < 1.29 is 19.2 Å². The lowest BCUT2D eigenvalue weighted by molar-refractivity contribution is -0.137. The second kappa shape index (κ2) is 8.05. The number of aromatic nitrogens is 1. The van der Waals surface area contributed by atoms with Crippen LogP contribution in [0.4, 0.5) is 0 Å². The second-order valence-electron chi connectivity index (χ2n) is 7.46. The number of β-amino-alcohol motifs (C(OH)–C–C–N with tert-alkyl or cyclic N) is 1. The van der Waals surface area contributed by atoms with Crippen LogP contribution >= 0.6 is 0 Å². The predicted octanol–water partition coefficient (Wildman–Crippen LogP) is 2.31. The number of rotatable bonds is 6. The van der Waals surface area contributed by atoms with Crippen molar-refractivity contribution in [1.29, 1.82) is 0 Å². The molecule has 1 saturated heterocycles. The van der Waals surface area contributed by atoms with Crippen LogP contribution in [0, 0.1) is 20.8 Å². The highest BCUT2D eigenvalue weighted by molar-refractivity contribution is 5.90. The minimum Gasteiger partial charge on any atom is -0.391 e. The monoisotopic (exact) mass is 370 g/mol. The number of aryl methyl sites for hydroxylation is 4. The average molecular weight is 370 g/mol. The Labute approximate surface area is 159 Å². The molecular formula is C21H26N2O4. The highest BCUT2D eigenvalue weighted by Gasteiger charge is 2.38. The Balaban J connectivity index is 1.63. The van der Waals surface area contributed by atoms with E-state index in [0.29, 0.717) is 30.7 Å². The molecule has 0 aliphatic carbocycles. The quantitative estimate of drug-likeness (QED) is 0.844. The summed E-state index contributed by atoms with van der Waals surface area (Å²) in [5.41, 5.74) is 4.21. The number of aliphatic hydroxyl groups is 1. The van der Waals surface area contributed by atoms with Gasteiger partial charge in [0.05, 0.1) is 24.3 Å². The number of hydrogen-bond donors (Lipinski definition) is 1. The number of amides is 1. The van der Waals surface area contributed by atoms with Crippen LogP contribution in [-0.2, 0) is 22.4 Å². The summed E-state index contributed by atoms with van der Waals surface area (Å²) in [6, 6.07) is 7.34. The van der Waals surface area contributed by atoms with Crippen LogP contribution in [0.1, 0.15) is 41.0 Å². The van der Waals surface area contributed by atoms with Gasteiger partial charge >= 0.3 is 0 Å². The Morgan fingerprint density at radius 2 is 2.04 bits per heavy atom. The minimum atomic E-state index is -0.666. The fourth-order valence-electron chi connectivity index (χ4n) is 3.70. The summed E-state index contributed by atoms with van der Waals surface area (Å²) in [5, 5.41) is 13.8. The van der Waals surface area contributed by atoms with E-state index in [-0.39, 0.29) is 24.7 Å². The lowest BCUT2D eigenvalue weighted by Gasteiger charge is -2.23. The molecular weight excluding hydrogens is 344 g/mol. The molecule has 2 aromatic rings. The molecule has 2 heterocycles. The van der Waals surface area contributed by atoms with Crippen LogP contribution in [0.2, 0.25) is 0 Å². The summed E-state index contributed by atoms with van der Waals surface area (Å²) in [6.45, 7) is 6.06. The molecule has 1 N–H and O–H groups in total. The molecule has 3 rings (SSSR count). The Morgan fingerprint density at radius 3 is 2.70 bits per heavy atom. The van der Waals surface area contributed by atoms with Gasteiger partial charge in [0.25, 0.3) is 0 Å². The van der Waals surface area contributed by atoms with Crippen molar-refractivity contribution in [3.8, 4) is 0 Å². The zero-order chi connectivity index (χ0) is 19.6. The molecule has 6 heteroatoms. The molecule has 0 bridgehead atoms. The lowest BCUT2D eigenvalue weighted by atomic mass is 9.97. The third kappa shape index (κ3) is 4.63. The van der Waals surface area contributed by atoms with E-state index >= 15 is 0 Å². The maximum absolute atomic E-state index is 12.8. The molecule has 1 aliphatic rings. The summed E-state index contributed by atoms with van der Waals surface area (Å²) in [6.07, 6.45) is 0.676. The average Bonchev–Trinajstić information content (AvgIpc) is 3.19. The molecule has 0 saturated carbocycles. The first-order valence-corrected chi connectivity index (χ1v) is 9.32. The van der Waals surface area contributed by atoms with Gasteiger partial charge in [-0.25, -0.2) is 0 Å². The molecule has 2 atom stereocenters. The molecule has 0 spiro atoms. The van der Waals surface area contributed by atoms with Gasteiger partial charge < -0.3 is 14.5 Å². The van der Waals surface area contributed by atoms with Gasteiger partial charge in [-0.3, -0.25) is 9.59 Å². The second-order valence-corrected chi connectivity index (χ2v) is 7.46. The number of likely N-dealkylation sites (tertiary alicyclic amines) is 1. The van der Waals surface area contributed by atoms with Crippen molar-refractivity contribution >= 4 is 11.7 Å². The van der Waals surface area contributed by atoms with Crippen LogP contribution in [0.5, 0.6) is 0 Å². The highest BCUT2D eigenvalue weighted by atomic mass is 16.5. The van der Waals surface area contributed by atoms with E-state index in [9.17, 15) is 14.7 Å². The van der Waals surface area contributed by atoms with E-state index in [1.54, 1.807) is 13.0 Å². The van der Waals surface area contributed by atoms with Gasteiger partial charge in [0.15, 0.2) is 5.78 Å². The van der Waals surface area contributed by atoms with Crippen molar-refractivity contribution in [3.63, 3.8) is 0 Å². The number of aliphatic hydroxyl groups excluding tert-OH is 1. The van der Waals surface area contributed by atoms with Crippen molar-refractivity contribution in [2.75, 3.05) is 6.54 Å². The predicted molar refractivity (Wildman–Crippen MR) is 100 cm³/mol. The molecule has 1 amide bonds. The molecule has 1 aliphatic heterocycles. The van der Waals surface area contributed by atoms with E-state index in [0.717, 1.165) is 5.56 Å². The lowest BCUT2D eigenvalue weighted by Crippen LogP contribution is -2.41. The number of hydrogen-bond acceptors (Lipinski definition) is 5. The van der Waals surface area contributed by atoms with E-state index < -0.39 is 12.1 Å². The summed E-state index contributed by atoms with van der Waals surface area (Å²) >= 11 is 0. The van der Waals surface area contributed by atoms with Gasteiger partial charge in [0, 0.05) is 25.5 Å². The van der Waals surface area contributed by atoms with E-state index in [1.165, 1.54) is 16.0 Å². The normalized spacial score (nSPS) is 19.5. The standard InChI is InChI=1S/C21H26N2O4/c1-13-4-5-16(14(2)8-13)6-7-20(25)19-10-17(24)12-23(19)21(26)11-18-9-15(3)22-27-18/h4-5,8-9,17,19,24H,6-7,10-12H2,1-3H3/t17-,19+/m1/s1. The van der Waals surface area contributed by atoms with Crippen molar-refractivity contribution in [1.82, 2.24) is 10.1 Å². The molecule has 1 aromatic heterocycles. The molecule has 1 aromatic carbocycles. The van der Waals surface area contributed by atoms with Crippen LogP contribution in [0.25, 0.3) is 0 Å². The number of carbonyl (C=O) groups is 2. The fourth-order valence-corrected chi connectivity index (χ4v) is 3.70. The summed E-state index contributed by atoms with van der Waals surface area (Å²) in [4.78, 5) is 26.9. The Morgan fingerprint density at radius 1 is 1.26 bits per heavy atom. The summed E-state index contributed by atoms with van der Waals surface area (Å²) in [7, 11) is 0. The van der Waals surface area contributed by atoms with Crippen molar-refractivity contribution in [2.24, 2.45) is 0 Å². The Kier molecular flexibility index (Phi) is 5.75. The molecule has 0 unspecified atom stereocenters. The molecule has 0 radical (unpaired) electrons. The van der Waals surface area contributed by atoms with E-state index in [1.807, 2.05) is 19.9 Å². The van der Waals surface area contributed by atoms with E-state index in [4.69, 9.17) is 4.52 Å². The molecule has 1 fully saturated rings. The maximum Gasteiger partial charge on any atom is 0.231 e. The third-order valence-corrected chi connectivity index (χ3v) is 5.11. The first-order valence-electron chi connectivity index (χ1n) is 9.32. The first-order chi connectivity index (χ1) is 12.8. The maximum atomic E-state index is 12.8. The third-order valence-electron chi connectivity index (χ3n) is 5.11. The Bertz CT molecular complexity index is 842. The Hall–Kier alpha value is -2.47. The minimum absolute atomic E-state index is 0.00590. The highest BCUT2D eigenvalue weighted by Crippen LogP contribution is 2.23. The van der Waals surface area contributed by atoms with Gasteiger partial charge in [0.2, 0.25) is 5.91 Å². The zero-order valence-corrected chi connectivity index (χ0v) is 16.1. The van der Waals surface area contributed by atoms with E-state index in [2.05, 4.69) is 17.3 Å². The van der Waals surface area contributed by atoms with Gasteiger partial charge in [0.1, 0.15) is 5.76 Å². The van der Waals surface area contributed by atoms with Gasteiger partial charge in [-0.2, -0.15) is 0 Å². The SMILES string of the molecule is Cc1ccc(CCC(=O)[C@@H]2C[C@@H](O)CN2C(=O)Cc2cc(C)no2)c(C)c1. The van der Waals surface area contributed by atoms with Gasteiger partial charge in [-0.15, -0.1) is 0 Å². The number of ketones is 1. The number of nitrogens with zero attached hydrogens (tertiary/aromatic N) is 2. The largest absolute Gasteiger partial charge is 0.391 e. The molecule has 6 nitrogen and oxygen atoms in total. The number of carbonyl (C=O) groups excluding carboxylic acids is 2. The van der Waals surface area contributed by atoms with Crippen LogP contribution < -0.4 is 0 Å². The number of benzene rings is 1. The van der Waals surface area contributed by atoms with Gasteiger partial charge in [-0.05, 0) is 38.3 Å². The summed E-state index contributed by atoms with van der Waals surface area (Å²) in [5.74, 6) is 0.251. The zero-order valence-electron chi connectivity index (χ0n) is 16.1. The first kappa shape index (κ1) is 19.3. The molecule has 144 valence electrons.